The molecule has 1 N–H and O–H groups in total. The molecule has 2 heterocycles. The summed E-state index contributed by atoms with van der Waals surface area (Å²) in [5, 5.41) is 2.17. The maximum Gasteiger partial charge on any atom is 0.125 e. The van der Waals surface area contributed by atoms with Crippen LogP contribution < -0.4 is 5.43 Å². The van der Waals surface area contributed by atoms with Gasteiger partial charge in [-0.3, -0.25) is 0 Å². The number of aromatic nitrogens is 2. The van der Waals surface area contributed by atoms with Gasteiger partial charge in [-0.2, -0.15) is 0 Å². The van der Waals surface area contributed by atoms with E-state index in [1.807, 2.05) is 13.0 Å². The van der Waals surface area contributed by atoms with Crippen molar-refractivity contribution < 1.29 is 4.74 Å². The molecule has 5 heteroatoms. The highest BCUT2D eigenvalue weighted by molar-refractivity contribution is 5.00. The predicted molar refractivity (Wildman–Crippen MR) is 56.0 cm³/mol. The number of nitrogens with one attached hydrogen (secondary N) is 1. The monoisotopic (exact) mass is 208 g/mol. The zero-order valence-electron chi connectivity index (χ0n) is 8.94. The van der Waals surface area contributed by atoms with Crippen LogP contribution in [0.2, 0.25) is 0 Å². The highest BCUT2D eigenvalue weighted by Crippen LogP contribution is 1.97. The van der Waals surface area contributed by atoms with E-state index in [1.54, 1.807) is 6.20 Å². The molecule has 2 rings (SSSR count). The molecule has 0 bridgehead atoms. The fraction of sp³-hybridized carbons (Fsp3) is 0.600. The Hall–Kier alpha value is -1.04. The zero-order valence-corrected chi connectivity index (χ0v) is 8.94. The van der Waals surface area contributed by atoms with Gasteiger partial charge >= 0.3 is 0 Å². The summed E-state index contributed by atoms with van der Waals surface area (Å²) in [4.78, 5) is 8.39. The highest BCUT2D eigenvalue weighted by Gasteiger charge is 2.09. The molecule has 0 aliphatic carbocycles. The van der Waals surface area contributed by atoms with Gasteiger partial charge in [-0.1, -0.05) is 0 Å². The normalized spacial score (nSPS) is 17.9. The Morgan fingerprint density at radius 3 is 3.00 bits per heavy atom. The molecule has 0 amide bonds. The van der Waals surface area contributed by atoms with Gasteiger partial charge in [0.15, 0.2) is 0 Å². The molecule has 1 saturated heterocycles. The second-order valence-corrected chi connectivity index (χ2v) is 3.53. The fourth-order valence-electron chi connectivity index (χ4n) is 1.52. The Labute approximate surface area is 89.4 Å². The van der Waals surface area contributed by atoms with Crippen LogP contribution in [-0.2, 0) is 11.3 Å². The maximum absolute atomic E-state index is 5.26. The second-order valence-electron chi connectivity index (χ2n) is 3.53. The van der Waals surface area contributed by atoms with Crippen molar-refractivity contribution >= 4 is 0 Å². The van der Waals surface area contributed by atoms with Crippen LogP contribution in [0.4, 0.5) is 0 Å². The molecule has 15 heavy (non-hydrogen) atoms. The number of hydrogen-bond donors (Lipinski definition) is 1. The number of hydrogen-bond acceptors (Lipinski definition) is 5. The van der Waals surface area contributed by atoms with E-state index in [-0.39, 0.29) is 0 Å². The standard InChI is InChI=1S/C10H16N4O/c1-9-11-3-2-10(13-9)8-12-14-4-6-15-7-5-14/h2-3,12H,4-8H2,1H3. The van der Waals surface area contributed by atoms with Crippen molar-refractivity contribution in [3.8, 4) is 0 Å². The topological polar surface area (TPSA) is 50.3 Å². The summed E-state index contributed by atoms with van der Waals surface area (Å²) in [6.45, 7) is 6.13. The summed E-state index contributed by atoms with van der Waals surface area (Å²) in [7, 11) is 0. The van der Waals surface area contributed by atoms with Crippen LogP contribution in [0.3, 0.4) is 0 Å². The Morgan fingerprint density at radius 2 is 2.27 bits per heavy atom. The van der Waals surface area contributed by atoms with E-state index in [9.17, 15) is 0 Å². The van der Waals surface area contributed by atoms with Crippen LogP contribution in [0, 0.1) is 6.92 Å². The van der Waals surface area contributed by atoms with Crippen molar-refractivity contribution in [2.24, 2.45) is 0 Å². The first-order chi connectivity index (χ1) is 7.34. The minimum absolute atomic E-state index is 0.753. The van der Waals surface area contributed by atoms with Gasteiger partial charge in [-0.15, -0.1) is 0 Å². The predicted octanol–water partition coefficient (Wildman–Crippen LogP) is 0.122. The van der Waals surface area contributed by atoms with E-state index in [0.717, 1.165) is 44.4 Å². The first kappa shape index (κ1) is 10.5. The lowest BCUT2D eigenvalue weighted by molar-refractivity contribution is 0.0103. The molecule has 82 valence electrons. The van der Waals surface area contributed by atoms with Crippen molar-refractivity contribution in [2.75, 3.05) is 26.3 Å². The van der Waals surface area contributed by atoms with Crippen LogP contribution in [0.15, 0.2) is 12.3 Å². The van der Waals surface area contributed by atoms with Gasteiger partial charge in [-0.25, -0.2) is 20.4 Å². The molecule has 0 saturated carbocycles. The molecule has 1 aromatic heterocycles. The Balaban J connectivity index is 1.81. The van der Waals surface area contributed by atoms with Crippen LogP contribution in [0.25, 0.3) is 0 Å². The van der Waals surface area contributed by atoms with Gasteiger partial charge in [0.2, 0.25) is 0 Å². The highest BCUT2D eigenvalue weighted by atomic mass is 16.5. The second kappa shape index (κ2) is 5.16. The lowest BCUT2D eigenvalue weighted by Crippen LogP contribution is -2.45. The van der Waals surface area contributed by atoms with Gasteiger partial charge in [0.1, 0.15) is 5.82 Å². The van der Waals surface area contributed by atoms with E-state index in [4.69, 9.17) is 4.74 Å². The molecule has 1 aliphatic rings. The summed E-state index contributed by atoms with van der Waals surface area (Å²) in [5.41, 5.74) is 4.35. The van der Waals surface area contributed by atoms with Gasteiger partial charge in [-0.05, 0) is 13.0 Å². The molecule has 1 aromatic rings. The average Bonchev–Trinajstić information content (AvgIpc) is 2.28. The summed E-state index contributed by atoms with van der Waals surface area (Å²) in [5.74, 6) is 0.816. The van der Waals surface area contributed by atoms with Crippen molar-refractivity contribution in [1.82, 2.24) is 20.4 Å². The molecule has 0 atom stereocenters. The lowest BCUT2D eigenvalue weighted by Gasteiger charge is -2.27. The minimum atomic E-state index is 0.753. The maximum atomic E-state index is 5.26. The summed E-state index contributed by atoms with van der Waals surface area (Å²) in [6.07, 6.45) is 1.79. The van der Waals surface area contributed by atoms with E-state index in [1.165, 1.54) is 0 Å². The van der Waals surface area contributed by atoms with Gasteiger partial charge in [0.25, 0.3) is 0 Å². The first-order valence-corrected chi connectivity index (χ1v) is 5.19. The van der Waals surface area contributed by atoms with Gasteiger partial charge in [0.05, 0.1) is 25.5 Å². The van der Waals surface area contributed by atoms with Crippen molar-refractivity contribution in [3.05, 3.63) is 23.8 Å². The van der Waals surface area contributed by atoms with E-state index >= 15 is 0 Å². The molecule has 0 unspecified atom stereocenters. The molecule has 0 aromatic carbocycles. The number of ether oxygens (including phenoxy) is 1. The number of hydrazine groups is 1. The third-order valence-electron chi connectivity index (χ3n) is 2.33. The largest absolute Gasteiger partial charge is 0.379 e. The van der Waals surface area contributed by atoms with Crippen molar-refractivity contribution in [2.45, 2.75) is 13.5 Å². The molecule has 1 fully saturated rings. The number of aryl methyl sites for hydroxylation is 1. The molecule has 1 aliphatic heterocycles. The van der Waals surface area contributed by atoms with Crippen LogP contribution >= 0.6 is 0 Å². The zero-order chi connectivity index (χ0) is 10.5. The van der Waals surface area contributed by atoms with Crippen molar-refractivity contribution in [1.29, 1.82) is 0 Å². The van der Waals surface area contributed by atoms with Gasteiger partial charge in [0, 0.05) is 19.3 Å². The van der Waals surface area contributed by atoms with Crippen molar-refractivity contribution in [3.63, 3.8) is 0 Å². The van der Waals surface area contributed by atoms with Crippen LogP contribution in [-0.4, -0.2) is 41.3 Å². The third kappa shape index (κ3) is 3.23. The Kier molecular flexibility index (Phi) is 3.60. The minimum Gasteiger partial charge on any atom is -0.379 e. The van der Waals surface area contributed by atoms with Crippen LogP contribution in [0.5, 0.6) is 0 Å². The Bertz CT molecular complexity index is 312. The Morgan fingerprint density at radius 1 is 1.47 bits per heavy atom. The van der Waals surface area contributed by atoms with E-state index in [2.05, 4.69) is 20.4 Å². The van der Waals surface area contributed by atoms with Crippen LogP contribution in [0.1, 0.15) is 11.5 Å². The fourth-order valence-corrected chi connectivity index (χ4v) is 1.52. The molecule has 0 radical (unpaired) electrons. The third-order valence-corrected chi connectivity index (χ3v) is 2.33. The first-order valence-electron chi connectivity index (χ1n) is 5.19. The van der Waals surface area contributed by atoms with E-state index in [0.29, 0.717) is 0 Å². The number of morpholine rings is 1. The lowest BCUT2D eigenvalue weighted by atomic mass is 10.4. The molecular weight excluding hydrogens is 192 g/mol. The summed E-state index contributed by atoms with van der Waals surface area (Å²) >= 11 is 0. The quantitative estimate of drug-likeness (QED) is 0.764. The number of rotatable bonds is 3. The SMILES string of the molecule is Cc1nccc(CNN2CCOCC2)n1. The molecule has 5 nitrogen and oxygen atoms in total. The van der Waals surface area contributed by atoms with Gasteiger partial charge < -0.3 is 4.74 Å². The summed E-state index contributed by atoms with van der Waals surface area (Å²) in [6, 6.07) is 1.93. The molecule has 0 spiro atoms. The average molecular weight is 208 g/mol. The number of nitrogens with zero attached hydrogens (tertiary/aromatic N) is 3. The van der Waals surface area contributed by atoms with E-state index < -0.39 is 0 Å². The smallest absolute Gasteiger partial charge is 0.125 e. The summed E-state index contributed by atoms with van der Waals surface area (Å²) < 4.78 is 5.26. The molecular formula is C10H16N4O.